The van der Waals surface area contributed by atoms with Gasteiger partial charge in [0.25, 0.3) is 0 Å². The molecular weight excluding hydrogens is 280 g/mol. The Morgan fingerprint density at radius 1 is 1.04 bits per heavy atom. The predicted octanol–water partition coefficient (Wildman–Crippen LogP) is 6.25. The van der Waals surface area contributed by atoms with Gasteiger partial charge >= 0.3 is 0 Å². The molecule has 0 aliphatic heterocycles. The molecule has 0 saturated heterocycles. The minimum atomic E-state index is 0.555. The van der Waals surface area contributed by atoms with E-state index in [-0.39, 0.29) is 0 Å². The maximum Gasteiger partial charge on any atom is 0.120 e. The SMILES string of the molecule is C=CCOc1ccc2cc(C3CCC(/C=C/C)CC3)ccc2c1. The zero-order chi connectivity index (χ0) is 16.1. The fourth-order valence-corrected chi connectivity index (χ4v) is 3.66. The van der Waals surface area contributed by atoms with Crippen molar-refractivity contribution in [2.24, 2.45) is 5.92 Å². The van der Waals surface area contributed by atoms with Crippen LogP contribution in [0.15, 0.2) is 61.2 Å². The van der Waals surface area contributed by atoms with Crippen LogP contribution in [0.1, 0.15) is 44.1 Å². The number of allylic oxidation sites excluding steroid dienone is 2. The molecule has 0 amide bonds. The number of rotatable bonds is 5. The molecule has 120 valence electrons. The topological polar surface area (TPSA) is 9.23 Å². The lowest BCUT2D eigenvalue weighted by Crippen LogP contribution is -2.11. The molecule has 0 N–H and O–H groups in total. The molecule has 0 bridgehead atoms. The average Bonchev–Trinajstić information content (AvgIpc) is 2.60. The smallest absolute Gasteiger partial charge is 0.120 e. The van der Waals surface area contributed by atoms with Gasteiger partial charge in [0, 0.05) is 0 Å². The number of benzene rings is 2. The summed E-state index contributed by atoms with van der Waals surface area (Å²) in [5, 5.41) is 2.56. The van der Waals surface area contributed by atoms with Gasteiger partial charge in [-0.3, -0.25) is 0 Å². The van der Waals surface area contributed by atoms with Crippen LogP contribution in [0.2, 0.25) is 0 Å². The first-order valence-electron chi connectivity index (χ1n) is 8.70. The van der Waals surface area contributed by atoms with Crippen LogP contribution < -0.4 is 4.74 Å². The van der Waals surface area contributed by atoms with Crippen molar-refractivity contribution in [1.29, 1.82) is 0 Å². The summed E-state index contributed by atoms with van der Waals surface area (Å²) in [6.07, 6.45) is 11.6. The Bertz CT molecular complexity index is 690. The molecular formula is C22H26O. The van der Waals surface area contributed by atoms with Crippen LogP contribution in [-0.4, -0.2) is 6.61 Å². The summed E-state index contributed by atoms with van der Waals surface area (Å²) < 4.78 is 5.62. The van der Waals surface area contributed by atoms with Gasteiger partial charge in [0.15, 0.2) is 0 Å². The lowest BCUT2D eigenvalue weighted by atomic mass is 9.78. The number of hydrogen-bond acceptors (Lipinski definition) is 1. The van der Waals surface area contributed by atoms with Gasteiger partial charge in [-0.25, -0.2) is 0 Å². The maximum absolute atomic E-state index is 5.62. The molecule has 1 aliphatic rings. The van der Waals surface area contributed by atoms with Crippen LogP contribution in [0, 0.1) is 5.92 Å². The van der Waals surface area contributed by atoms with E-state index in [0.29, 0.717) is 6.61 Å². The maximum atomic E-state index is 5.62. The second-order valence-electron chi connectivity index (χ2n) is 6.51. The van der Waals surface area contributed by atoms with Gasteiger partial charge in [-0.15, -0.1) is 0 Å². The standard InChI is InChI=1S/C22H26O/c1-3-5-17-6-8-18(9-7-17)19-10-11-21-16-22(23-14-4-2)13-12-20(21)15-19/h3-5,10-13,15-18H,2,6-9,14H2,1H3/b5-3+. The van der Waals surface area contributed by atoms with E-state index in [1.54, 1.807) is 6.08 Å². The summed E-state index contributed by atoms with van der Waals surface area (Å²) in [7, 11) is 0. The van der Waals surface area contributed by atoms with Crippen LogP contribution in [0.4, 0.5) is 0 Å². The number of ether oxygens (including phenoxy) is 1. The van der Waals surface area contributed by atoms with E-state index in [1.807, 2.05) is 0 Å². The van der Waals surface area contributed by atoms with Crippen molar-refractivity contribution >= 4 is 10.8 Å². The van der Waals surface area contributed by atoms with E-state index in [2.05, 4.69) is 62.1 Å². The van der Waals surface area contributed by atoms with Gasteiger partial charge in [-0.05, 0) is 72.9 Å². The van der Waals surface area contributed by atoms with E-state index in [4.69, 9.17) is 4.74 Å². The minimum Gasteiger partial charge on any atom is -0.490 e. The molecule has 3 rings (SSSR count). The molecule has 0 aromatic heterocycles. The predicted molar refractivity (Wildman–Crippen MR) is 99.2 cm³/mol. The van der Waals surface area contributed by atoms with Crippen molar-refractivity contribution in [2.75, 3.05) is 6.61 Å². The highest BCUT2D eigenvalue weighted by molar-refractivity contribution is 5.84. The Labute approximate surface area is 139 Å². The quantitative estimate of drug-likeness (QED) is 0.593. The summed E-state index contributed by atoms with van der Waals surface area (Å²) in [5.74, 6) is 2.43. The molecule has 23 heavy (non-hydrogen) atoms. The van der Waals surface area contributed by atoms with Gasteiger partial charge in [0.05, 0.1) is 0 Å². The normalized spacial score (nSPS) is 21.6. The second-order valence-corrected chi connectivity index (χ2v) is 6.51. The largest absolute Gasteiger partial charge is 0.490 e. The molecule has 0 radical (unpaired) electrons. The Kier molecular flexibility index (Phi) is 5.17. The lowest BCUT2D eigenvalue weighted by molar-refractivity contribution is 0.364. The highest BCUT2D eigenvalue weighted by atomic mass is 16.5. The van der Waals surface area contributed by atoms with Gasteiger partial charge < -0.3 is 4.74 Å². The third kappa shape index (κ3) is 3.85. The molecule has 0 spiro atoms. The summed E-state index contributed by atoms with van der Waals surface area (Å²) in [5.41, 5.74) is 1.50. The van der Waals surface area contributed by atoms with Gasteiger partial charge in [-0.1, -0.05) is 49.1 Å². The summed E-state index contributed by atoms with van der Waals surface area (Å²) in [6.45, 7) is 6.37. The Hall–Kier alpha value is -2.02. The van der Waals surface area contributed by atoms with Crippen LogP contribution in [0.3, 0.4) is 0 Å². The van der Waals surface area contributed by atoms with Crippen molar-refractivity contribution in [3.8, 4) is 5.75 Å². The van der Waals surface area contributed by atoms with E-state index < -0.39 is 0 Å². The zero-order valence-electron chi connectivity index (χ0n) is 14.0. The van der Waals surface area contributed by atoms with Gasteiger partial charge in [-0.2, -0.15) is 0 Å². The van der Waals surface area contributed by atoms with Gasteiger partial charge in [0.2, 0.25) is 0 Å². The highest BCUT2D eigenvalue weighted by Gasteiger charge is 2.20. The van der Waals surface area contributed by atoms with E-state index in [1.165, 1.54) is 42.0 Å². The fraction of sp³-hybridized carbons (Fsp3) is 0.364. The van der Waals surface area contributed by atoms with E-state index >= 15 is 0 Å². The summed E-state index contributed by atoms with van der Waals surface area (Å²) in [4.78, 5) is 0. The van der Waals surface area contributed by atoms with E-state index in [9.17, 15) is 0 Å². The van der Waals surface area contributed by atoms with Crippen molar-refractivity contribution < 1.29 is 4.74 Å². The van der Waals surface area contributed by atoms with Crippen molar-refractivity contribution in [3.05, 3.63) is 66.8 Å². The highest BCUT2D eigenvalue weighted by Crippen LogP contribution is 2.37. The van der Waals surface area contributed by atoms with Crippen molar-refractivity contribution in [2.45, 2.75) is 38.5 Å². The number of fused-ring (bicyclic) bond motifs is 1. The summed E-state index contributed by atoms with van der Waals surface area (Å²) in [6, 6.07) is 13.3. The third-order valence-electron chi connectivity index (χ3n) is 4.91. The second kappa shape index (κ2) is 7.50. The lowest BCUT2D eigenvalue weighted by Gasteiger charge is -2.27. The Balaban J connectivity index is 1.74. The molecule has 1 heteroatoms. The minimum absolute atomic E-state index is 0.555. The molecule has 1 saturated carbocycles. The van der Waals surface area contributed by atoms with Crippen LogP contribution in [0.25, 0.3) is 10.8 Å². The number of hydrogen-bond donors (Lipinski definition) is 0. The molecule has 0 unspecified atom stereocenters. The van der Waals surface area contributed by atoms with Crippen LogP contribution >= 0.6 is 0 Å². The molecule has 1 aliphatic carbocycles. The average molecular weight is 306 g/mol. The zero-order valence-corrected chi connectivity index (χ0v) is 14.0. The van der Waals surface area contributed by atoms with Crippen molar-refractivity contribution in [1.82, 2.24) is 0 Å². The first-order chi connectivity index (χ1) is 11.3. The first kappa shape index (κ1) is 15.9. The molecule has 2 aromatic rings. The Morgan fingerprint density at radius 2 is 1.78 bits per heavy atom. The monoisotopic (exact) mass is 306 g/mol. The summed E-state index contributed by atoms with van der Waals surface area (Å²) >= 11 is 0. The van der Waals surface area contributed by atoms with Gasteiger partial charge in [0.1, 0.15) is 12.4 Å². The molecule has 0 heterocycles. The molecule has 0 atom stereocenters. The Morgan fingerprint density at radius 3 is 2.52 bits per heavy atom. The first-order valence-corrected chi connectivity index (χ1v) is 8.70. The van der Waals surface area contributed by atoms with E-state index in [0.717, 1.165) is 17.6 Å². The molecule has 1 nitrogen and oxygen atoms in total. The molecule has 2 aromatic carbocycles. The fourth-order valence-electron chi connectivity index (χ4n) is 3.66. The van der Waals surface area contributed by atoms with Crippen LogP contribution in [0.5, 0.6) is 5.75 Å². The van der Waals surface area contributed by atoms with Crippen molar-refractivity contribution in [3.63, 3.8) is 0 Å². The third-order valence-corrected chi connectivity index (χ3v) is 4.91. The van der Waals surface area contributed by atoms with Crippen LogP contribution in [-0.2, 0) is 0 Å². The molecule has 1 fully saturated rings.